The standard InChI is InChI=1S/C15H15NO/c1-10-2-7-14-12(8-10)9-16-15(14)11-3-5-13(17)6-4-11/h2-8,15-17H,9H2,1H3. The molecule has 0 spiro atoms. The molecular formula is C15H15NO. The fourth-order valence-electron chi connectivity index (χ4n) is 2.46. The van der Waals surface area contributed by atoms with E-state index in [1.807, 2.05) is 12.1 Å². The van der Waals surface area contributed by atoms with Gasteiger partial charge in [0.05, 0.1) is 6.04 Å². The number of phenols is 1. The Morgan fingerprint density at radius 3 is 2.65 bits per heavy atom. The molecule has 3 rings (SSSR count). The first-order chi connectivity index (χ1) is 8.24. The summed E-state index contributed by atoms with van der Waals surface area (Å²) in [6.45, 7) is 3.04. The number of hydrogen-bond donors (Lipinski definition) is 2. The van der Waals surface area contributed by atoms with Crippen molar-refractivity contribution in [3.8, 4) is 5.75 Å². The summed E-state index contributed by atoms with van der Waals surface area (Å²) in [6.07, 6.45) is 0. The van der Waals surface area contributed by atoms with Crippen LogP contribution < -0.4 is 5.32 Å². The zero-order valence-corrected chi connectivity index (χ0v) is 9.77. The topological polar surface area (TPSA) is 32.3 Å². The maximum absolute atomic E-state index is 9.31. The molecule has 0 aliphatic carbocycles. The van der Waals surface area contributed by atoms with Crippen LogP contribution in [0.25, 0.3) is 0 Å². The Morgan fingerprint density at radius 1 is 1.12 bits per heavy atom. The summed E-state index contributed by atoms with van der Waals surface area (Å²) < 4.78 is 0. The summed E-state index contributed by atoms with van der Waals surface area (Å²) in [6, 6.07) is 14.3. The minimum absolute atomic E-state index is 0.256. The predicted molar refractivity (Wildman–Crippen MR) is 68.0 cm³/mol. The highest BCUT2D eigenvalue weighted by Gasteiger charge is 2.22. The lowest BCUT2D eigenvalue weighted by Crippen LogP contribution is -2.12. The first-order valence-electron chi connectivity index (χ1n) is 5.86. The molecule has 2 aromatic rings. The van der Waals surface area contributed by atoms with E-state index in [-0.39, 0.29) is 6.04 Å². The van der Waals surface area contributed by atoms with Gasteiger partial charge >= 0.3 is 0 Å². The van der Waals surface area contributed by atoms with Crippen LogP contribution in [-0.4, -0.2) is 5.11 Å². The third-order valence-corrected chi connectivity index (χ3v) is 3.33. The number of nitrogens with one attached hydrogen (secondary N) is 1. The van der Waals surface area contributed by atoms with Crippen molar-refractivity contribution >= 4 is 0 Å². The molecule has 1 aliphatic rings. The molecule has 0 amide bonds. The normalized spacial score (nSPS) is 18.1. The van der Waals surface area contributed by atoms with Crippen LogP contribution in [0.1, 0.15) is 28.3 Å². The maximum atomic E-state index is 9.31. The molecule has 86 valence electrons. The molecule has 1 aliphatic heterocycles. The highest BCUT2D eigenvalue weighted by atomic mass is 16.3. The summed E-state index contributed by atoms with van der Waals surface area (Å²) >= 11 is 0. The van der Waals surface area contributed by atoms with E-state index in [4.69, 9.17) is 0 Å². The highest BCUT2D eigenvalue weighted by molar-refractivity contribution is 5.43. The number of aromatic hydroxyl groups is 1. The number of benzene rings is 2. The number of rotatable bonds is 1. The minimum Gasteiger partial charge on any atom is -0.508 e. The molecule has 0 bridgehead atoms. The predicted octanol–water partition coefficient (Wildman–Crippen LogP) is 2.89. The quantitative estimate of drug-likeness (QED) is 0.782. The van der Waals surface area contributed by atoms with Gasteiger partial charge in [-0.1, -0.05) is 35.9 Å². The first-order valence-corrected chi connectivity index (χ1v) is 5.86. The summed E-state index contributed by atoms with van der Waals surface area (Å²) in [5.74, 6) is 0.316. The van der Waals surface area contributed by atoms with Crippen LogP contribution in [0, 0.1) is 6.92 Å². The molecule has 2 heteroatoms. The average Bonchev–Trinajstić information content (AvgIpc) is 2.73. The first kappa shape index (κ1) is 10.4. The van der Waals surface area contributed by atoms with Crippen molar-refractivity contribution in [1.82, 2.24) is 5.32 Å². The van der Waals surface area contributed by atoms with Crippen molar-refractivity contribution in [3.63, 3.8) is 0 Å². The monoisotopic (exact) mass is 225 g/mol. The van der Waals surface area contributed by atoms with E-state index in [1.165, 1.54) is 22.3 Å². The van der Waals surface area contributed by atoms with Gasteiger partial charge < -0.3 is 10.4 Å². The van der Waals surface area contributed by atoms with Gasteiger partial charge in [0.1, 0.15) is 5.75 Å². The molecular weight excluding hydrogens is 210 g/mol. The van der Waals surface area contributed by atoms with Crippen molar-refractivity contribution in [2.24, 2.45) is 0 Å². The molecule has 2 aromatic carbocycles. The third kappa shape index (κ3) is 1.81. The van der Waals surface area contributed by atoms with Gasteiger partial charge in [-0.3, -0.25) is 0 Å². The SMILES string of the molecule is Cc1ccc2c(c1)CNC2c1ccc(O)cc1. The number of fused-ring (bicyclic) bond motifs is 1. The van der Waals surface area contributed by atoms with Gasteiger partial charge in [-0.05, 0) is 35.7 Å². The van der Waals surface area contributed by atoms with Crippen molar-refractivity contribution in [3.05, 3.63) is 64.7 Å². The van der Waals surface area contributed by atoms with E-state index in [1.54, 1.807) is 12.1 Å². The lowest BCUT2D eigenvalue weighted by Gasteiger charge is -2.12. The van der Waals surface area contributed by atoms with Crippen LogP contribution in [-0.2, 0) is 6.54 Å². The third-order valence-electron chi connectivity index (χ3n) is 3.33. The molecule has 0 fully saturated rings. The van der Waals surface area contributed by atoms with Crippen LogP contribution in [0.15, 0.2) is 42.5 Å². The van der Waals surface area contributed by atoms with Gasteiger partial charge in [0.2, 0.25) is 0 Å². The lowest BCUT2D eigenvalue weighted by molar-refractivity contribution is 0.475. The average molecular weight is 225 g/mol. The van der Waals surface area contributed by atoms with Gasteiger partial charge in [0.25, 0.3) is 0 Å². The van der Waals surface area contributed by atoms with E-state index in [0.29, 0.717) is 5.75 Å². The van der Waals surface area contributed by atoms with E-state index in [9.17, 15) is 5.11 Å². The van der Waals surface area contributed by atoms with E-state index in [0.717, 1.165) is 6.54 Å². The van der Waals surface area contributed by atoms with Crippen molar-refractivity contribution in [2.75, 3.05) is 0 Å². The van der Waals surface area contributed by atoms with Crippen LogP contribution >= 0.6 is 0 Å². The molecule has 1 atom stereocenters. The minimum atomic E-state index is 0.256. The van der Waals surface area contributed by atoms with Gasteiger partial charge in [-0.15, -0.1) is 0 Å². The van der Waals surface area contributed by atoms with Crippen LogP contribution in [0.5, 0.6) is 5.75 Å². The van der Waals surface area contributed by atoms with Gasteiger partial charge in [-0.25, -0.2) is 0 Å². The number of aryl methyl sites for hydroxylation is 1. The zero-order chi connectivity index (χ0) is 11.8. The van der Waals surface area contributed by atoms with Crippen molar-refractivity contribution in [2.45, 2.75) is 19.5 Å². The van der Waals surface area contributed by atoms with Crippen molar-refractivity contribution in [1.29, 1.82) is 0 Å². The lowest BCUT2D eigenvalue weighted by atomic mass is 9.97. The van der Waals surface area contributed by atoms with E-state index >= 15 is 0 Å². The van der Waals surface area contributed by atoms with Crippen LogP contribution in [0.3, 0.4) is 0 Å². The molecule has 0 saturated carbocycles. The van der Waals surface area contributed by atoms with E-state index < -0.39 is 0 Å². The molecule has 0 aromatic heterocycles. The molecule has 17 heavy (non-hydrogen) atoms. The Bertz CT molecular complexity index is 545. The van der Waals surface area contributed by atoms with Crippen molar-refractivity contribution < 1.29 is 5.11 Å². The summed E-state index contributed by atoms with van der Waals surface area (Å²) in [5, 5.41) is 12.8. The fourth-order valence-corrected chi connectivity index (χ4v) is 2.46. The molecule has 1 heterocycles. The Hall–Kier alpha value is -1.80. The van der Waals surface area contributed by atoms with Crippen LogP contribution in [0.4, 0.5) is 0 Å². The molecule has 2 N–H and O–H groups in total. The van der Waals surface area contributed by atoms with Gasteiger partial charge in [0, 0.05) is 6.54 Å². The molecule has 0 saturated heterocycles. The highest BCUT2D eigenvalue weighted by Crippen LogP contribution is 2.31. The Balaban J connectivity index is 2.01. The summed E-state index contributed by atoms with van der Waals surface area (Å²) in [5.41, 5.74) is 5.23. The molecule has 0 radical (unpaired) electrons. The number of hydrogen-bond acceptors (Lipinski definition) is 2. The number of phenolic OH excluding ortho intramolecular Hbond substituents is 1. The molecule has 2 nitrogen and oxygen atoms in total. The Kier molecular flexibility index (Phi) is 2.37. The maximum Gasteiger partial charge on any atom is 0.115 e. The second-order valence-corrected chi connectivity index (χ2v) is 4.61. The molecule has 1 unspecified atom stereocenters. The summed E-state index contributed by atoms with van der Waals surface area (Å²) in [4.78, 5) is 0. The smallest absolute Gasteiger partial charge is 0.115 e. The largest absolute Gasteiger partial charge is 0.508 e. The second kappa shape index (κ2) is 3.90. The zero-order valence-electron chi connectivity index (χ0n) is 9.77. The summed E-state index contributed by atoms with van der Waals surface area (Å²) in [7, 11) is 0. The van der Waals surface area contributed by atoms with Gasteiger partial charge in [0.15, 0.2) is 0 Å². The fraction of sp³-hybridized carbons (Fsp3) is 0.200. The van der Waals surface area contributed by atoms with Gasteiger partial charge in [-0.2, -0.15) is 0 Å². The Morgan fingerprint density at radius 2 is 1.88 bits per heavy atom. The van der Waals surface area contributed by atoms with E-state index in [2.05, 4.69) is 30.4 Å². The second-order valence-electron chi connectivity index (χ2n) is 4.61. The van der Waals surface area contributed by atoms with Crippen LogP contribution in [0.2, 0.25) is 0 Å². The Labute approximate surface area is 101 Å².